The summed E-state index contributed by atoms with van der Waals surface area (Å²) in [5, 5.41) is 12.1. The molecule has 0 aromatic heterocycles. The van der Waals surface area contributed by atoms with Gasteiger partial charge in [0.2, 0.25) is 10.0 Å². The number of fused-ring (bicyclic) bond motifs is 1. The van der Waals surface area contributed by atoms with Crippen molar-refractivity contribution in [2.75, 3.05) is 24.7 Å². The fraction of sp³-hybridized carbons (Fsp3) is 0.481. The van der Waals surface area contributed by atoms with E-state index in [4.69, 9.17) is 11.6 Å². The first-order valence-corrected chi connectivity index (χ1v) is 14.8. The Morgan fingerprint density at radius 1 is 1.30 bits per heavy atom. The molecule has 2 aliphatic carbocycles. The van der Waals surface area contributed by atoms with E-state index in [-0.39, 0.29) is 28.6 Å². The number of urea groups is 1. The monoisotopic (exact) mass is 544 g/mol. The van der Waals surface area contributed by atoms with E-state index < -0.39 is 15.8 Å². The van der Waals surface area contributed by atoms with Crippen molar-refractivity contribution in [1.29, 1.82) is 5.26 Å². The van der Waals surface area contributed by atoms with Gasteiger partial charge in [-0.1, -0.05) is 23.7 Å². The van der Waals surface area contributed by atoms with E-state index in [1.165, 1.54) is 34.3 Å². The van der Waals surface area contributed by atoms with E-state index in [0.29, 0.717) is 36.7 Å². The standard InChI is InChI=1S/C27H30ClFN4O3S/c1-37(35,36)33-11-3-6-23(33)17-32(26(34)31-21-7-8-25(29)24(28)14-21)22-9-10-27(15-20(27)13-22)19-5-2-4-18(12-19)16-30/h2,4-5,7-8,12,14,20,22-23H,3,6,9-11,13,15,17H2,1H3,(H,31,34)/t20?,22-,23+,27-/m1/s1. The molecule has 3 aliphatic rings. The molecular weight excluding hydrogens is 515 g/mol. The molecule has 1 heterocycles. The van der Waals surface area contributed by atoms with E-state index >= 15 is 0 Å². The van der Waals surface area contributed by atoms with Crippen LogP contribution in [0.15, 0.2) is 42.5 Å². The summed E-state index contributed by atoms with van der Waals surface area (Å²) in [5.74, 6) is -0.172. The number of amides is 2. The molecule has 1 aliphatic heterocycles. The lowest BCUT2D eigenvalue weighted by molar-refractivity contribution is 0.144. The third-order valence-corrected chi connectivity index (χ3v) is 9.93. The highest BCUT2D eigenvalue weighted by Gasteiger charge is 2.58. The van der Waals surface area contributed by atoms with Crippen LogP contribution in [0.4, 0.5) is 14.9 Å². The average molecular weight is 545 g/mol. The molecule has 2 amide bonds. The van der Waals surface area contributed by atoms with Crippen LogP contribution in [0.2, 0.25) is 5.02 Å². The number of hydrogen-bond acceptors (Lipinski definition) is 4. The molecule has 4 atom stereocenters. The summed E-state index contributed by atoms with van der Waals surface area (Å²) in [7, 11) is -3.39. The molecular formula is C27H30ClFN4O3S. The van der Waals surface area contributed by atoms with Gasteiger partial charge < -0.3 is 10.2 Å². The molecule has 2 aromatic rings. The van der Waals surface area contributed by atoms with Gasteiger partial charge in [-0.2, -0.15) is 9.57 Å². The van der Waals surface area contributed by atoms with E-state index in [9.17, 15) is 22.9 Å². The lowest BCUT2D eigenvalue weighted by Crippen LogP contribution is -2.51. The molecule has 196 valence electrons. The SMILES string of the molecule is CS(=O)(=O)N1CCC[C@H]1CN(C(=O)Nc1ccc(F)c(Cl)c1)[C@@H]1CC[C@]2(c3cccc(C#N)c3)CC2C1. The highest BCUT2D eigenvalue weighted by Crippen LogP contribution is 2.63. The molecule has 0 radical (unpaired) electrons. The van der Waals surface area contributed by atoms with Crippen molar-refractivity contribution in [3.8, 4) is 6.07 Å². The van der Waals surface area contributed by atoms with Crippen LogP contribution >= 0.6 is 11.6 Å². The second-order valence-electron chi connectivity index (χ2n) is 10.6. The van der Waals surface area contributed by atoms with Crippen LogP contribution in [-0.2, 0) is 15.4 Å². The van der Waals surface area contributed by atoms with Gasteiger partial charge in [0.1, 0.15) is 5.82 Å². The van der Waals surface area contributed by atoms with Crippen molar-refractivity contribution in [3.05, 3.63) is 64.4 Å². The molecule has 10 heteroatoms. The van der Waals surface area contributed by atoms with Crippen LogP contribution in [0.5, 0.6) is 0 Å². The zero-order valence-electron chi connectivity index (χ0n) is 20.7. The molecule has 7 nitrogen and oxygen atoms in total. The summed E-state index contributed by atoms with van der Waals surface area (Å²) in [6.45, 7) is 0.750. The summed E-state index contributed by atoms with van der Waals surface area (Å²) in [5.41, 5.74) is 2.27. The van der Waals surface area contributed by atoms with Gasteiger partial charge in [-0.3, -0.25) is 0 Å². The molecule has 0 spiro atoms. The zero-order valence-corrected chi connectivity index (χ0v) is 22.2. The lowest BCUT2D eigenvalue weighted by Gasteiger charge is -2.39. The second-order valence-corrected chi connectivity index (χ2v) is 12.9. The van der Waals surface area contributed by atoms with Gasteiger partial charge in [-0.25, -0.2) is 17.6 Å². The molecule has 5 rings (SSSR count). The minimum Gasteiger partial charge on any atom is -0.320 e. The first kappa shape index (κ1) is 26.0. The Labute approximate surface area is 222 Å². The zero-order chi connectivity index (χ0) is 26.4. The Kier molecular flexibility index (Phi) is 6.94. The third kappa shape index (κ3) is 5.20. The number of anilines is 1. The van der Waals surface area contributed by atoms with E-state index in [2.05, 4.69) is 17.5 Å². The first-order chi connectivity index (χ1) is 17.6. The second kappa shape index (κ2) is 9.90. The summed E-state index contributed by atoms with van der Waals surface area (Å²) in [4.78, 5) is 15.4. The number of rotatable bonds is 6. The van der Waals surface area contributed by atoms with Gasteiger partial charge in [0.05, 0.1) is 22.9 Å². The Bertz CT molecular complexity index is 1360. The Morgan fingerprint density at radius 3 is 2.81 bits per heavy atom. The summed E-state index contributed by atoms with van der Waals surface area (Å²) < 4.78 is 39.9. The molecule has 1 N–H and O–H groups in total. The maximum Gasteiger partial charge on any atom is 0.322 e. The molecule has 2 aromatic carbocycles. The molecule has 2 saturated carbocycles. The van der Waals surface area contributed by atoms with Crippen molar-refractivity contribution in [3.63, 3.8) is 0 Å². The van der Waals surface area contributed by atoms with Gasteiger partial charge >= 0.3 is 6.03 Å². The number of halogens is 2. The number of nitrogens with zero attached hydrogens (tertiary/aromatic N) is 3. The van der Waals surface area contributed by atoms with E-state index in [0.717, 1.165) is 32.1 Å². The summed E-state index contributed by atoms with van der Waals surface area (Å²) in [6.07, 6.45) is 6.15. The first-order valence-electron chi connectivity index (χ1n) is 12.6. The molecule has 1 saturated heterocycles. The molecule has 1 unspecified atom stereocenters. The Morgan fingerprint density at radius 2 is 2.11 bits per heavy atom. The van der Waals surface area contributed by atoms with E-state index in [1.807, 2.05) is 18.2 Å². The van der Waals surface area contributed by atoms with Gasteiger partial charge in [-0.15, -0.1) is 0 Å². The highest BCUT2D eigenvalue weighted by atomic mass is 35.5. The number of nitrogens with one attached hydrogen (secondary N) is 1. The van der Waals surface area contributed by atoms with Crippen molar-refractivity contribution in [2.24, 2.45) is 5.92 Å². The number of carbonyl (C=O) groups is 1. The smallest absolute Gasteiger partial charge is 0.320 e. The number of benzene rings is 2. The van der Waals surface area contributed by atoms with Gasteiger partial charge in [0, 0.05) is 30.9 Å². The largest absolute Gasteiger partial charge is 0.322 e. The molecule has 3 fully saturated rings. The lowest BCUT2D eigenvalue weighted by atomic mass is 9.80. The summed E-state index contributed by atoms with van der Waals surface area (Å²) in [6, 6.07) is 13.4. The number of sulfonamides is 1. The van der Waals surface area contributed by atoms with Crippen LogP contribution in [0.25, 0.3) is 0 Å². The van der Waals surface area contributed by atoms with Crippen LogP contribution in [0.3, 0.4) is 0 Å². The fourth-order valence-electron chi connectivity index (χ4n) is 6.37. The summed E-state index contributed by atoms with van der Waals surface area (Å²) >= 11 is 5.92. The van der Waals surface area contributed by atoms with Gasteiger partial charge in [-0.05, 0) is 85.8 Å². The minimum absolute atomic E-state index is 0.0438. The normalized spacial score (nSPS) is 27.2. The minimum atomic E-state index is -3.39. The fourth-order valence-corrected chi connectivity index (χ4v) is 7.72. The number of carbonyl (C=O) groups excluding carboxylic acids is 1. The van der Waals surface area contributed by atoms with Gasteiger partial charge in [0.15, 0.2) is 0 Å². The average Bonchev–Trinajstić information content (AvgIpc) is 3.41. The number of hydrogen-bond donors (Lipinski definition) is 1. The quantitative estimate of drug-likeness (QED) is 0.546. The van der Waals surface area contributed by atoms with E-state index in [1.54, 1.807) is 4.90 Å². The molecule has 0 bridgehead atoms. The maximum absolute atomic E-state index is 13.6. The Balaban J connectivity index is 1.37. The maximum atomic E-state index is 13.6. The predicted molar refractivity (Wildman–Crippen MR) is 140 cm³/mol. The van der Waals surface area contributed by atoms with Gasteiger partial charge in [0.25, 0.3) is 0 Å². The topological polar surface area (TPSA) is 93.5 Å². The van der Waals surface area contributed by atoms with Crippen molar-refractivity contribution in [2.45, 2.75) is 56.0 Å². The highest BCUT2D eigenvalue weighted by molar-refractivity contribution is 7.88. The third-order valence-electron chi connectivity index (χ3n) is 8.31. The molecule has 37 heavy (non-hydrogen) atoms. The number of nitriles is 1. The van der Waals surface area contributed by atoms with Crippen molar-refractivity contribution in [1.82, 2.24) is 9.21 Å². The van der Waals surface area contributed by atoms with Crippen LogP contribution in [0.1, 0.15) is 49.7 Å². The van der Waals surface area contributed by atoms with Crippen LogP contribution in [-0.4, -0.2) is 55.1 Å². The predicted octanol–water partition coefficient (Wildman–Crippen LogP) is 5.12. The van der Waals surface area contributed by atoms with Crippen LogP contribution < -0.4 is 5.32 Å². The Hall–Kier alpha value is -2.67. The van der Waals surface area contributed by atoms with Crippen molar-refractivity contribution >= 4 is 33.3 Å². The van der Waals surface area contributed by atoms with Crippen molar-refractivity contribution < 1.29 is 17.6 Å². The van der Waals surface area contributed by atoms with Crippen LogP contribution in [0, 0.1) is 23.1 Å².